The molecule has 1 fully saturated rings. The summed E-state index contributed by atoms with van der Waals surface area (Å²) in [5.41, 5.74) is 0.791. The maximum atomic E-state index is 12.4. The van der Waals surface area contributed by atoms with Crippen molar-refractivity contribution in [1.82, 2.24) is 9.55 Å². The zero-order valence-corrected chi connectivity index (χ0v) is 15.5. The van der Waals surface area contributed by atoms with Gasteiger partial charge in [0.15, 0.2) is 0 Å². The highest BCUT2D eigenvalue weighted by Gasteiger charge is 2.22. The van der Waals surface area contributed by atoms with E-state index in [4.69, 9.17) is 4.74 Å². The fourth-order valence-corrected chi connectivity index (χ4v) is 4.75. The van der Waals surface area contributed by atoms with Crippen molar-refractivity contribution in [3.8, 4) is 5.75 Å². The van der Waals surface area contributed by atoms with Crippen molar-refractivity contribution in [3.05, 3.63) is 74.9 Å². The van der Waals surface area contributed by atoms with Gasteiger partial charge in [0, 0.05) is 28.3 Å². The van der Waals surface area contributed by atoms with Gasteiger partial charge in [-0.25, -0.2) is 4.79 Å². The maximum absolute atomic E-state index is 12.4. The van der Waals surface area contributed by atoms with Gasteiger partial charge >= 0.3 is 5.69 Å². The van der Waals surface area contributed by atoms with E-state index in [9.17, 15) is 13.8 Å². The molecule has 140 valence electrons. The first-order valence-corrected chi connectivity index (χ1v) is 10.4. The molecule has 27 heavy (non-hydrogen) atoms. The van der Waals surface area contributed by atoms with Gasteiger partial charge in [0.2, 0.25) is 0 Å². The van der Waals surface area contributed by atoms with Crippen LogP contribution >= 0.6 is 0 Å². The minimum absolute atomic E-state index is 0.0503. The second kappa shape index (κ2) is 7.52. The highest BCUT2D eigenvalue weighted by molar-refractivity contribution is 7.85. The number of aromatic amines is 1. The lowest BCUT2D eigenvalue weighted by atomic mass is 10.1. The van der Waals surface area contributed by atoms with E-state index in [1.165, 1.54) is 0 Å². The minimum Gasteiger partial charge on any atom is -0.489 e. The molecule has 0 saturated carbocycles. The third kappa shape index (κ3) is 3.73. The molecule has 0 unspecified atom stereocenters. The monoisotopic (exact) mass is 384 g/mol. The van der Waals surface area contributed by atoms with Crippen molar-refractivity contribution in [3.63, 3.8) is 0 Å². The van der Waals surface area contributed by atoms with Crippen LogP contribution in [0.3, 0.4) is 0 Å². The fourth-order valence-electron chi connectivity index (χ4n) is 3.47. The molecule has 2 heterocycles. The Labute approximate surface area is 158 Å². The smallest absolute Gasteiger partial charge is 0.329 e. The number of nitrogens with zero attached hydrogens (tertiary/aromatic N) is 1. The second-order valence-electron chi connectivity index (χ2n) is 6.66. The topological polar surface area (TPSA) is 81.2 Å². The normalized spacial score (nSPS) is 19.9. The lowest BCUT2D eigenvalue weighted by molar-refractivity contribution is 0.306. The molecule has 0 bridgehead atoms. The van der Waals surface area contributed by atoms with Crippen LogP contribution < -0.4 is 16.0 Å². The van der Waals surface area contributed by atoms with Gasteiger partial charge in [0.1, 0.15) is 12.4 Å². The van der Waals surface area contributed by atoms with Crippen LogP contribution in [0.5, 0.6) is 5.75 Å². The SMILES string of the molecule is O=c1[nH]c(=O)n(C2CCS(=O)CC2)c2ccc(OCc3ccccc3)cc12. The van der Waals surface area contributed by atoms with E-state index < -0.39 is 22.0 Å². The largest absolute Gasteiger partial charge is 0.489 e. The van der Waals surface area contributed by atoms with E-state index in [2.05, 4.69) is 4.98 Å². The van der Waals surface area contributed by atoms with Gasteiger partial charge in [-0.1, -0.05) is 30.3 Å². The molecule has 6 nitrogen and oxygen atoms in total. The van der Waals surface area contributed by atoms with Gasteiger partial charge in [0.25, 0.3) is 5.56 Å². The molecule has 1 aliphatic heterocycles. The Morgan fingerprint density at radius 1 is 1.07 bits per heavy atom. The van der Waals surface area contributed by atoms with E-state index >= 15 is 0 Å². The van der Waals surface area contributed by atoms with Crippen molar-refractivity contribution in [2.45, 2.75) is 25.5 Å². The quantitative estimate of drug-likeness (QED) is 0.749. The number of aromatic nitrogens is 2. The van der Waals surface area contributed by atoms with Gasteiger partial charge < -0.3 is 4.74 Å². The molecule has 1 aliphatic rings. The van der Waals surface area contributed by atoms with Crippen molar-refractivity contribution in [2.75, 3.05) is 11.5 Å². The predicted molar refractivity (Wildman–Crippen MR) is 106 cm³/mol. The number of fused-ring (bicyclic) bond motifs is 1. The molecule has 7 heteroatoms. The predicted octanol–water partition coefficient (Wildman–Crippen LogP) is 2.35. The molecule has 0 spiro atoms. The standard InChI is InChI=1S/C20H20N2O4S/c23-19-17-12-16(26-13-14-4-2-1-3-5-14)6-7-18(17)22(20(24)21-19)15-8-10-27(25)11-9-15/h1-7,12,15H,8-11,13H2,(H,21,23,24). The summed E-state index contributed by atoms with van der Waals surface area (Å²) in [6.07, 6.45) is 1.33. The van der Waals surface area contributed by atoms with Crippen LogP contribution in [0, 0.1) is 0 Å². The number of nitrogens with one attached hydrogen (secondary N) is 1. The van der Waals surface area contributed by atoms with Crippen molar-refractivity contribution >= 4 is 21.7 Å². The first kappa shape index (κ1) is 17.7. The van der Waals surface area contributed by atoms with Crippen LogP contribution in [0.1, 0.15) is 24.4 Å². The zero-order valence-electron chi connectivity index (χ0n) is 14.7. The highest BCUT2D eigenvalue weighted by atomic mass is 32.2. The molecule has 0 radical (unpaired) electrons. The lowest BCUT2D eigenvalue weighted by Gasteiger charge is -2.24. The lowest BCUT2D eigenvalue weighted by Crippen LogP contribution is -2.35. The molecule has 2 aromatic carbocycles. The molecule has 0 amide bonds. The summed E-state index contributed by atoms with van der Waals surface area (Å²) in [7, 11) is -0.811. The van der Waals surface area contributed by atoms with Gasteiger partial charge in [-0.3, -0.25) is 18.6 Å². The average Bonchev–Trinajstić information content (AvgIpc) is 2.69. The van der Waals surface area contributed by atoms with Crippen molar-refractivity contribution in [1.29, 1.82) is 0 Å². The van der Waals surface area contributed by atoms with Gasteiger partial charge in [0.05, 0.1) is 10.9 Å². The molecular weight excluding hydrogens is 364 g/mol. The summed E-state index contributed by atoms with van der Waals surface area (Å²) < 4.78 is 19.1. The fraction of sp³-hybridized carbons (Fsp3) is 0.300. The Morgan fingerprint density at radius 2 is 1.81 bits per heavy atom. The van der Waals surface area contributed by atoms with E-state index in [1.807, 2.05) is 30.3 Å². The molecule has 0 atom stereocenters. The van der Waals surface area contributed by atoms with Crippen LogP contribution in [0.15, 0.2) is 58.1 Å². The summed E-state index contributed by atoms with van der Waals surface area (Å²) in [6.45, 7) is 0.401. The van der Waals surface area contributed by atoms with Gasteiger partial charge in [-0.05, 0) is 36.6 Å². The molecular formula is C20H20N2O4S. The second-order valence-corrected chi connectivity index (χ2v) is 8.36. The van der Waals surface area contributed by atoms with Crippen LogP contribution in [-0.2, 0) is 17.4 Å². The van der Waals surface area contributed by atoms with Gasteiger partial charge in [-0.15, -0.1) is 0 Å². The molecule has 4 rings (SSSR count). The third-order valence-electron chi connectivity index (χ3n) is 4.88. The van der Waals surface area contributed by atoms with E-state index in [1.54, 1.807) is 22.8 Å². The number of hydrogen-bond donors (Lipinski definition) is 1. The number of rotatable bonds is 4. The molecule has 1 saturated heterocycles. The first-order chi connectivity index (χ1) is 13.1. The minimum atomic E-state index is -0.811. The molecule has 1 N–H and O–H groups in total. The Morgan fingerprint density at radius 3 is 2.56 bits per heavy atom. The van der Waals surface area contributed by atoms with E-state index in [0.29, 0.717) is 47.6 Å². The van der Waals surface area contributed by atoms with Crippen molar-refractivity contribution < 1.29 is 8.95 Å². The van der Waals surface area contributed by atoms with E-state index in [0.717, 1.165) is 5.56 Å². The Hall–Kier alpha value is -2.67. The van der Waals surface area contributed by atoms with Crippen LogP contribution in [-0.4, -0.2) is 25.3 Å². The van der Waals surface area contributed by atoms with Crippen LogP contribution in [0.2, 0.25) is 0 Å². The maximum Gasteiger partial charge on any atom is 0.329 e. The summed E-state index contributed by atoms with van der Waals surface area (Å²) >= 11 is 0. The Balaban J connectivity index is 1.68. The van der Waals surface area contributed by atoms with Crippen LogP contribution in [0.25, 0.3) is 10.9 Å². The Kier molecular flexibility index (Phi) is 4.94. The number of hydrogen-bond acceptors (Lipinski definition) is 4. The average molecular weight is 384 g/mol. The zero-order chi connectivity index (χ0) is 18.8. The summed E-state index contributed by atoms with van der Waals surface area (Å²) in [5, 5.41) is 0.423. The van der Waals surface area contributed by atoms with E-state index in [-0.39, 0.29) is 6.04 Å². The summed E-state index contributed by atoms with van der Waals surface area (Å²) in [5.74, 6) is 1.73. The number of ether oxygens (including phenoxy) is 1. The molecule has 3 aromatic rings. The van der Waals surface area contributed by atoms with Crippen LogP contribution in [0.4, 0.5) is 0 Å². The molecule has 1 aromatic heterocycles. The highest BCUT2D eigenvalue weighted by Crippen LogP contribution is 2.25. The number of benzene rings is 2. The number of H-pyrrole nitrogens is 1. The summed E-state index contributed by atoms with van der Waals surface area (Å²) in [4.78, 5) is 27.2. The Bertz CT molecular complexity index is 1090. The summed E-state index contributed by atoms with van der Waals surface area (Å²) in [6, 6.07) is 14.9. The first-order valence-electron chi connectivity index (χ1n) is 8.92. The van der Waals surface area contributed by atoms with Crippen molar-refractivity contribution in [2.24, 2.45) is 0 Å². The molecule has 0 aliphatic carbocycles. The van der Waals surface area contributed by atoms with Gasteiger partial charge in [-0.2, -0.15) is 0 Å². The third-order valence-corrected chi connectivity index (χ3v) is 6.26.